The molecule has 0 radical (unpaired) electrons. The summed E-state index contributed by atoms with van der Waals surface area (Å²) in [6.07, 6.45) is 5.11. The van der Waals surface area contributed by atoms with Gasteiger partial charge in [-0.1, -0.05) is 0 Å². The number of hydrogen-bond acceptors (Lipinski definition) is 3. The second kappa shape index (κ2) is 4.25. The lowest BCUT2D eigenvalue weighted by atomic mass is 9.77. The number of carbonyl (C=O) groups excluding carboxylic acids is 1. The monoisotopic (exact) mass is 238 g/mol. The van der Waals surface area contributed by atoms with Gasteiger partial charge in [0.15, 0.2) is 0 Å². The van der Waals surface area contributed by atoms with Crippen LogP contribution in [0.25, 0.3) is 0 Å². The van der Waals surface area contributed by atoms with Crippen LogP contribution < -0.4 is 5.32 Å². The van der Waals surface area contributed by atoms with Gasteiger partial charge in [-0.3, -0.25) is 4.79 Å². The topological polar surface area (TPSA) is 41.6 Å². The van der Waals surface area contributed by atoms with E-state index >= 15 is 0 Å². The molecule has 0 spiro atoms. The number of nitrogens with one attached hydrogen (secondary N) is 1. The number of carbonyl (C=O) groups is 1. The van der Waals surface area contributed by atoms with Crippen molar-refractivity contribution in [3.63, 3.8) is 0 Å². The Balaban J connectivity index is 1.56. The molecular formula is C13H22N2O2. The van der Waals surface area contributed by atoms with E-state index in [2.05, 4.69) is 5.32 Å². The number of fused-ring (bicyclic) bond motifs is 1. The molecule has 2 saturated heterocycles. The molecule has 0 aromatic rings. The Labute approximate surface area is 103 Å². The van der Waals surface area contributed by atoms with Crippen molar-refractivity contribution >= 4 is 5.91 Å². The molecule has 3 fully saturated rings. The fourth-order valence-corrected chi connectivity index (χ4v) is 3.46. The Kier molecular flexibility index (Phi) is 2.87. The van der Waals surface area contributed by atoms with Crippen LogP contribution >= 0.6 is 0 Å². The van der Waals surface area contributed by atoms with Crippen LogP contribution in [0.3, 0.4) is 0 Å². The predicted molar refractivity (Wildman–Crippen MR) is 64.7 cm³/mol. The maximum Gasteiger partial charge on any atom is 0.225 e. The van der Waals surface area contributed by atoms with Gasteiger partial charge in [0.25, 0.3) is 0 Å². The first-order chi connectivity index (χ1) is 8.22. The third kappa shape index (κ3) is 1.97. The van der Waals surface area contributed by atoms with Gasteiger partial charge < -0.3 is 15.0 Å². The average Bonchev–Trinajstić information content (AvgIpc) is 2.82. The number of rotatable bonds is 3. The first-order valence-electron chi connectivity index (χ1n) is 6.79. The molecule has 1 amide bonds. The molecule has 3 rings (SSSR count). The summed E-state index contributed by atoms with van der Waals surface area (Å²) in [5.41, 5.74) is -0.123. The Morgan fingerprint density at radius 2 is 2.29 bits per heavy atom. The van der Waals surface area contributed by atoms with Gasteiger partial charge in [-0.05, 0) is 38.1 Å². The molecule has 0 unspecified atom stereocenters. The van der Waals surface area contributed by atoms with Gasteiger partial charge in [0, 0.05) is 26.2 Å². The summed E-state index contributed by atoms with van der Waals surface area (Å²) in [5, 5.41) is 3.48. The van der Waals surface area contributed by atoms with Crippen molar-refractivity contribution in [1.29, 1.82) is 0 Å². The van der Waals surface area contributed by atoms with Crippen LogP contribution in [-0.4, -0.2) is 49.2 Å². The van der Waals surface area contributed by atoms with Crippen LogP contribution in [0.2, 0.25) is 0 Å². The molecule has 0 aromatic carbocycles. The van der Waals surface area contributed by atoms with Gasteiger partial charge in [-0.25, -0.2) is 0 Å². The number of amides is 1. The molecule has 2 atom stereocenters. The minimum atomic E-state index is -0.123. The molecule has 1 saturated carbocycles. The second-order valence-corrected chi connectivity index (χ2v) is 5.83. The maximum absolute atomic E-state index is 12.3. The van der Waals surface area contributed by atoms with Crippen molar-refractivity contribution in [1.82, 2.24) is 10.2 Å². The highest BCUT2D eigenvalue weighted by Gasteiger charge is 2.43. The third-order valence-electron chi connectivity index (χ3n) is 4.89. The van der Waals surface area contributed by atoms with Crippen molar-refractivity contribution in [3.05, 3.63) is 0 Å². The van der Waals surface area contributed by atoms with E-state index in [0.29, 0.717) is 24.3 Å². The van der Waals surface area contributed by atoms with Gasteiger partial charge in [0.05, 0.1) is 12.0 Å². The first-order valence-corrected chi connectivity index (χ1v) is 6.79. The fraction of sp³-hybridized carbons (Fsp3) is 0.923. The predicted octanol–water partition coefficient (Wildman–Crippen LogP) is 0.766. The Morgan fingerprint density at radius 3 is 2.88 bits per heavy atom. The van der Waals surface area contributed by atoms with E-state index in [1.54, 1.807) is 7.11 Å². The van der Waals surface area contributed by atoms with E-state index in [4.69, 9.17) is 4.74 Å². The summed E-state index contributed by atoms with van der Waals surface area (Å²) in [5.74, 6) is 0.988. The fourth-order valence-electron chi connectivity index (χ4n) is 3.46. The molecule has 17 heavy (non-hydrogen) atoms. The van der Waals surface area contributed by atoms with Crippen molar-refractivity contribution in [2.45, 2.75) is 43.7 Å². The highest BCUT2D eigenvalue weighted by molar-refractivity contribution is 5.78. The van der Waals surface area contributed by atoms with Crippen LogP contribution in [-0.2, 0) is 9.53 Å². The zero-order valence-corrected chi connectivity index (χ0v) is 10.6. The molecule has 0 aromatic heterocycles. The van der Waals surface area contributed by atoms with Gasteiger partial charge >= 0.3 is 0 Å². The van der Waals surface area contributed by atoms with E-state index in [9.17, 15) is 4.79 Å². The molecule has 96 valence electrons. The molecule has 2 heterocycles. The lowest BCUT2D eigenvalue weighted by Gasteiger charge is -2.40. The van der Waals surface area contributed by atoms with Crippen LogP contribution in [0, 0.1) is 5.92 Å². The van der Waals surface area contributed by atoms with Gasteiger partial charge in [-0.15, -0.1) is 0 Å². The van der Waals surface area contributed by atoms with Crippen LogP contribution in [0.1, 0.15) is 32.1 Å². The second-order valence-electron chi connectivity index (χ2n) is 5.83. The summed E-state index contributed by atoms with van der Waals surface area (Å²) in [6, 6.07) is 0.554. The number of methoxy groups -OCH3 is 1. The van der Waals surface area contributed by atoms with Crippen molar-refractivity contribution < 1.29 is 9.53 Å². The van der Waals surface area contributed by atoms with Crippen molar-refractivity contribution in [3.8, 4) is 0 Å². The molecule has 3 aliphatic rings. The summed E-state index contributed by atoms with van der Waals surface area (Å²) in [4.78, 5) is 14.3. The van der Waals surface area contributed by atoms with Crippen molar-refractivity contribution in [2.24, 2.45) is 5.92 Å². The lowest BCUT2D eigenvalue weighted by molar-refractivity contribution is -0.143. The highest BCUT2D eigenvalue weighted by Crippen LogP contribution is 2.39. The molecule has 4 nitrogen and oxygen atoms in total. The van der Waals surface area contributed by atoms with Gasteiger partial charge in [-0.2, -0.15) is 0 Å². The molecule has 4 heteroatoms. The first kappa shape index (κ1) is 11.5. The number of hydrogen-bond donors (Lipinski definition) is 1. The van der Waals surface area contributed by atoms with Gasteiger partial charge in [0.1, 0.15) is 0 Å². The van der Waals surface area contributed by atoms with Crippen LogP contribution in [0.5, 0.6) is 0 Å². The number of likely N-dealkylation sites (tertiary alicyclic amines) is 1. The average molecular weight is 238 g/mol. The molecule has 1 N–H and O–H groups in total. The third-order valence-corrected chi connectivity index (χ3v) is 4.89. The molecule has 0 bridgehead atoms. The van der Waals surface area contributed by atoms with E-state index in [1.807, 2.05) is 4.90 Å². The highest BCUT2D eigenvalue weighted by atomic mass is 16.5. The quantitative estimate of drug-likeness (QED) is 0.789. The molecule has 2 aliphatic heterocycles. The van der Waals surface area contributed by atoms with Gasteiger partial charge in [0.2, 0.25) is 5.91 Å². The normalized spacial score (nSPS) is 34.5. The SMILES string of the molecule is COC1(CC(=O)N2C[C@@H]3CCN[C@@H]3C2)CCC1. The molecular weight excluding hydrogens is 216 g/mol. The Bertz CT molecular complexity index is 297. The zero-order chi connectivity index (χ0) is 11.9. The largest absolute Gasteiger partial charge is 0.378 e. The lowest BCUT2D eigenvalue weighted by Crippen LogP contribution is -2.45. The summed E-state index contributed by atoms with van der Waals surface area (Å²) < 4.78 is 5.53. The Morgan fingerprint density at radius 1 is 1.47 bits per heavy atom. The molecule has 1 aliphatic carbocycles. The standard InChI is InChI=1S/C13H22N2O2/c1-17-13(4-2-5-13)7-12(16)15-8-10-3-6-14-11(10)9-15/h10-11,14H,2-9H2,1H3/t10-,11+/m0/s1. The van der Waals surface area contributed by atoms with E-state index in [0.717, 1.165) is 32.5 Å². The Hall–Kier alpha value is -0.610. The summed E-state index contributed by atoms with van der Waals surface area (Å²) in [7, 11) is 1.74. The number of nitrogens with zero attached hydrogens (tertiary/aromatic N) is 1. The van der Waals surface area contributed by atoms with Crippen LogP contribution in [0.15, 0.2) is 0 Å². The number of ether oxygens (including phenoxy) is 1. The van der Waals surface area contributed by atoms with E-state index < -0.39 is 0 Å². The van der Waals surface area contributed by atoms with E-state index in [-0.39, 0.29) is 5.60 Å². The maximum atomic E-state index is 12.3. The summed E-state index contributed by atoms with van der Waals surface area (Å²) >= 11 is 0. The van der Waals surface area contributed by atoms with Crippen molar-refractivity contribution in [2.75, 3.05) is 26.7 Å². The minimum Gasteiger partial charge on any atom is -0.378 e. The van der Waals surface area contributed by atoms with Crippen LogP contribution in [0.4, 0.5) is 0 Å². The zero-order valence-electron chi connectivity index (χ0n) is 10.6. The van der Waals surface area contributed by atoms with E-state index in [1.165, 1.54) is 12.8 Å². The summed E-state index contributed by atoms with van der Waals surface area (Å²) in [6.45, 7) is 2.99. The minimum absolute atomic E-state index is 0.123. The smallest absolute Gasteiger partial charge is 0.225 e.